The van der Waals surface area contributed by atoms with Gasteiger partial charge in [-0.25, -0.2) is 4.79 Å². The Balaban J connectivity index is 1.51. The summed E-state index contributed by atoms with van der Waals surface area (Å²) in [6, 6.07) is 15.5. The summed E-state index contributed by atoms with van der Waals surface area (Å²) in [5.74, 6) is 0.107. The molecule has 2 atom stereocenters. The lowest BCUT2D eigenvalue weighted by Crippen LogP contribution is -2.39. The number of ether oxygens (including phenoxy) is 2. The van der Waals surface area contributed by atoms with Crippen LogP contribution in [0.4, 0.5) is 5.69 Å². The highest BCUT2D eigenvalue weighted by molar-refractivity contribution is 5.96. The Morgan fingerprint density at radius 1 is 1.07 bits per heavy atom. The number of hydrogen-bond donors (Lipinski definition) is 2. The van der Waals surface area contributed by atoms with Gasteiger partial charge in [0, 0.05) is 12.1 Å². The number of para-hydroxylation sites is 1. The Morgan fingerprint density at radius 3 is 2.37 bits per heavy atom. The SMILES string of the molecule is C[C@@H](OC(=O)[C@@H]1CCC(=O)N1)C(=O)Nc1ccc(Oc2ccccc2)cc1. The van der Waals surface area contributed by atoms with Gasteiger partial charge in [0.05, 0.1) is 0 Å². The van der Waals surface area contributed by atoms with Crippen molar-refractivity contribution >= 4 is 23.5 Å². The topological polar surface area (TPSA) is 93.7 Å². The van der Waals surface area contributed by atoms with Crippen LogP contribution in [-0.2, 0) is 19.1 Å². The third kappa shape index (κ3) is 5.07. The molecule has 2 aromatic carbocycles. The number of benzene rings is 2. The van der Waals surface area contributed by atoms with E-state index in [0.29, 0.717) is 23.6 Å². The zero-order chi connectivity index (χ0) is 19.2. The molecule has 7 nitrogen and oxygen atoms in total. The van der Waals surface area contributed by atoms with Crippen LogP contribution in [0.2, 0.25) is 0 Å². The van der Waals surface area contributed by atoms with Crippen molar-refractivity contribution in [2.24, 2.45) is 0 Å². The predicted octanol–water partition coefficient (Wildman–Crippen LogP) is 2.63. The highest BCUT2D eigenvalue weighted by Crippen LogP contribution is 2.22. The Labute approximate surface area is 156 Å². The van der Waals surface area contributed by atoms with Crippen LogP contribution in [0.5, 0.6) is 11.5 Å². The number of rotatable bonds is 6. The van der Waals surface area contributed by atoms with Gasteiger partial charge in [-0.1, -0.05) is 18.2 Å². The van der Waals surface area contributed by atoms with Crippen molar-refractivity contribution in [3.8, 4) is 11.5 Å². The van der Waals surface area contributed by atoms with Gasteiger partial charge in [-0.15, -0.1) is 0 Å². The Hall–Kier alpha value is -3.35. The van der Waals surface area contributed by atoms with Gasteiger partial charge in [0.15, 0.2) is 6.10 Å². The number of carbonyl (C=O) groups excluding carboxylic acids is 3. The molecule has 1 saturated heterocycles. The van der Waals surface area contributed by atoms with Gasteiger partial charge in [-0.3, -0.25) is 9.59 Å². The molecule has 7 heteroatoms. The molecule has 1 fully saturated rings. The summed E-state index contributed by atoms with van der Waals surface area (Å²) in [5, 5.41) is 5.19. The molecular weight excluding hydrogens is 348 g/mol. The van der Waals surface area contributed by atoms with Gasteiger partial charge in [0.2, 0.25) is 5.91 Å². The van der Waals surface area contributed by atoms with Crippen LogP contribution in [0, 0.1) is 0 Å². The molecule has 2 aromatic rings. The first-order valence-electron chi connectivity index (χ1n) is 8.65. The van der Waals surface area contributed by atoms with Crippen molar-refractivity contribution in [2.75, 3.05) is 5.32 Å². The molecule has 3 rings (SSSR count). The molecule has 2 N–H and O–H groups in total. The van der Waals surface area contributed by atoms with E-state index in [-0.39, 0.29) is 12.3 Å². The molecule has 1 heterocycles. The van der Waals surface area contributed by atoms with Crippen molar-refractivity contribution in [3.05, 3.63) is 54.6 Å². The normalized spacial score (nSPS) is 16.9. The number of amides is 2. The summed E-state index contributed by atoms with van der Waals surface area (Å²) in [6.07, 6.45) is -0.303. The smallest absolute Gasteiger partial charge is 0.329 e. The number of nitrogens with one attached hydrogen (secondary N) is 2. The maximum Gasteiger partial charge on any atom is 0.329 e. The monoisotopic (exact) mass is 368 g/mol. The van der Waals surface area contributed by atoms with Crippen LogP contribution in [0.3, 0.4) is 0 Å². The van der Waals surface area contributed by atoms with E-state index in [1.165, 1.54) is 6.92 Å². The third-order valence-corrected chi connectivity index (χ3v) is 4.04. The molecule has 0 aromatic heterocycles. The van der Waals surface area contributed by atoms with Crippen LogP contribution in [0.1, 0.15) is 19.8 Å². The lowest BCUT2D eigenvalue weighted by atomic mass is 10.2. The van der Waals surface area contributed by atoms with E-state index in [9.17, 15) is 14.4 Å². The van der Waals surface area contributed by atoms with E-state index in [2.05, 4.69) is 10.6 Å². The van der Waals surface area contributed by atoms with Gasteiger partial charge in [0.25, 0.3) is 5.91 Å². The fraction of sp³-hybridized carbons (Fsp3) is 0.250. The van der Waals surface area contributed by atoms with Crippen molar-refractivity contribution < 1.29 is 23.9 Å². The third-order valence-electron chi connectivity index (χ3n) is 4.04. The number of hydrogen-bond acceptors (Lipinski definition) is 5. The number of anilines is 1. The molecule has 0 spiro atoms. The van der Waals surface area contributed by atoms with E-state index in [1.54, 1.807) is 24.3 Å². The number of esters is 1. The summed E-state index contributed by atoms with van der Waals surface area (Å²) < 4.78 is 10.8. The molecule has 0 unspecified atom stereocenters. The van der Waals surface area contributed by atoms with Gasteiger partial charge in [-0.05, 0) is 49.7 Å². The summed E-state index contributed by atoms with van der Waals surface area (Å²) in [6.45, 7) is 1.48. The first kappa shape index (κ1) is 18.4. The Morgan fingerprint density at radius 2 is 1.74 bits per heavy atom. The molecule has 2 amide bonds. The first-order chi connectivity index (χ1) is 13.0. The molecule has 0 radical (unpaired) electrons. The van der Waals surface area contributed by atoms with E-state index in [1.807, 2.05) is 30.3 Å². The van der Waals surface area contributed by atoms with Crippen LogP contribution >= 0.6 is 0 Å². The average molecular weight is 368 g/mol. The highest BCUT2D eigenvalue weighted by atomic mass is 16.5. The van der Waals surface area contributed by atoms with E-state index in [4.69, 9.17) is 9.47 Å². The minimum Gasteiger partial charge on any atom is -0.457 e. The summed E-state index contributed by atoms with van der Waals surface area (Å²) in [7, 11) is 0. The minimum absolute atomic E-state index is 0.188. The second kappa shape index (κ2) is 8.35. The lowest BCUT2D eigenvalue weighted by molar-refractivity contribution is -0.155. The zero-order valence-corrected chi connectivity index (χ0v) is 14.8. The van der Waals surface area contributed by atoms with Gasteiger partial charge < -0.3 is 20.1 Å². The van der Waals surface area contributed by atoms with Crippen molar-refractivity contribution in [1.29, 1.82) is 0 Å². The van der Waals surface area contributed by atoms with E-state index < -0.39 is 24.0 Å². The van der Waals surface area contributed by atoms with E-state index in [0.717, 1.165) is 0 Å². The fourth-order valence-corrected chi connectivity index (χ4v) is 2.58. The van der Waals surface area contributed by atoms with Crippen LogP contribution in [0.25, 0.3) is 0 Å². The second-order valence-corrected chi connectivity index (χ2v) is 6.17. The van der Waals surface area contributed by atoms with Crippen LogP contribution in [-0.4, -0.2) is 29.9 Å². The molecule has 0 saturated carbocycles. The Kier molecular flexibility index (Phi) is 5.71. The summed E-state index contributed by atoms with van der Waals surface area (Å²) in [4.78, 5) is 35.3. The fourth-order valence-electron chi connectivity index (χ4n) is 2.58. The molecule has 0 bridgehead atoms. The first-order valence-corrected chi connectivity index (χ1v) is 8.65. The highest BCUT2D eigenvalue weighted by Gasteiger charge is 2.30. The van der Waals surface area contributed by atoms with Gasteiger partial charge in [-0.2, -0.15) is 0 Å². The summed E-state index contributed by atoms with van der Waals surface area (Å²) >= 11 is 0. The molecule has 27 heavy (non-hydrogen) atoms. The van der Waals surface area contributed by atoms with Crippen molar-refractivity contribution in [1.82, 2.24) is 5.32 Å². The molecule has 1 aliphatic heterocycles. The van der Waals surface area contributed by atoms with Crippen LogP contribution < -0.4 is 15.4 Å². The summed E-state index contributed by atoms with van der Waals surface area (Å²) in [5.41, 5.74) is 0.553. The average Bonchev–Trinajstić information content (AvgIpc) is 3.10. The molecule has 140 valence electrons. The zero-order valence-electron chi connectivity index (χ0n) is 14.8. The second-order valence-electron chi connectivity index (χ2n) is 6.17. The van der Waals surface area contributed by atoms with Gasteiger partial charge in [0.1, 0.15) is 17.5 Å². The minimum atomic E-state index is -0.977. The predicted molar refractivity (Wildman–Crippen MR) is 98.3 cm³/mol. The standard InChI is InChI=1S/C20H20N2O5/c1-13(26-20(25)17-11-12-18(23)22-17)19(24)21-14-7-9-16(10-8-14)27-15-5-3-2-4-6-15/h2-10,13,17H,11-12H2,1H3,(H,21,24)(H,22,23)/t13-,17+/m1/s1. The number of carbonyl (C=O) groups is 3. The van der Waals surface area contributed by atoms with Crippen LogP contribution in [0.15, 0.2) is 54.6 Å². The molecular formula is C20H20N2O5. The maximum atomic E-state index is 12.2. The Bertz CT molecular complexity index is 820. The lowest BCUT2D eigenvalue weighted by Gasteiger charge is -2.16. The van der Waals surface area contributed by atoms with Crippen molar-refractivity contribution in [2.45, 2.75) is 31.9 Å². The quantitative estimate of drug-likeness (QED) is 0.765. The van der Waals surface area contributed by atoms with E-state index >= 15 is 0 Å². The maximum absolute atomic E-state index is 12.2. The molecule has 1 aliphatic rings. The van der Waals surface area contributed by atoms with Gasteiger partial charge >= 0.3 is 5.97 Å². The van der Waals surface area contributed by atoms with Crippen molar-refractivity contribution in [3.63, 3.8) is 0 Å². The molecule has 0 aliphatic carbocycles. The largest absolute Gasteiger partial charge is 0.457 e.